The monoisotopic (exact) mass is 589 g/mol. The predicted molar refractivity (Wildman–Crippen MR) is 126 cm³/mol. The van der Waals surface area contributed by atoms with Crippen LogP contribution in [0.15, 0.2) is 0 Å². The summed E-state index contributed by atoms with van der Waals surface area (Å²) in [5.74, 6) is -0.331. The second-order valence-electron chi connectivity index (χ2n) is 3.94. The van der Waals surface area contributed by atoms with Gasteiger partial charge in [-0.1, -0.05) is 43.6 Å². The van der Waals surface area contributed by atoms with Gasteiger partial charge in [0, 0.05) is 59.5 Å². The molecule has 3 rings (SSSR count). The van der Waals surface area contributed by atoms with Crippen LogP contribution in [0.5, 0.6) is 0 Å². The average molecular weight is 589 g/mol. The normalized spacial score (nSPS) is 37.9. The zero-order chi connectivity index (χ0) is 22.2. The standard InChI is InChI=1S/2C5H10O.C4H8O.4CH4.3CH3.Ir.2H2N/c2*1-5-2-3-6-4-5;1-2-4-5-3-1;;;;;;;;;;/h2*5H,2-4H2,1H3;1-4H2;4*1H4;3*1H3;;2*1H2/q;;;;;;;3*-1;;2*-1/i3D2,4D2;3D2,4D;3D2,4D2;;;;;;;;;;. The first-order chi connectivity index (χ1) is 12.3. The minimum Gasteiger partial charge on any atom is -0.693 e. The van der Waals surface area contributed by atoms with Crippen molar-refractivity contribution >= 4 is 0 Å². The minimum absolute atomic E-state index is 0. The molecule has 0 aromatic heterocycles. The molecule has 0 amide bonds. The molecule has 0 spiro atoms. The van der Waals surface area contributed by atoms with Crippen molar-refractivity contribution in [3.05, 3.63) is 34.6 Å². The molecule has 3 atom stereocenters. The average Bonchev–Trinajstić information content (AvgIpc) is 2.89. The van der Waals surface area contributed by atoms with E-state index < -0.39 is 39.4 Å². The molecule has 0 aliphatic carbocycles. The van der Waals surface area contributed by atoms with E-state index in [4.69, 9.17) is 15.1 Å². The molecular weight excluding hydrogens is 520 g/mol. The number of rotatable bonds is 0. The maximum Gasteiger partial charge on any atom is 0.0569 e. The Bertz CT molecular complexity index is 522. The van der Waals surface area contributed by atoms with Gasteiger partial charge in [0.25, 0.3) is 0 Å². The molecule has 3 heterocycles. The van der Waals surface area contributed by atoms with Crippen molar-refractivity contribution in [2.45, 2.75) is 69.2 Å². The van der Waals surface area contributed by atoms with E-state index in [1.165, 1.54) is 0 Å². The van der Waals surface area contributed by atoms with Gasteiger partial charge < -0.3 is 48.8 Å². The SMILES string of the molecule is C.C.C.C.[2H]C1([2H])CC(C)C([2H])([2H])O1.[2H]C1([2H])CCC([2H])([2H])O1.[2H]C1OC([2H])([2H])CC1C.[CH3-].[CH3-].[CH3-].[Ir].[NH2-].[NH2-]. The minimum atomic E-state index is -1.79. The van der Waals surface area contributed by atoms with Crippen molar-refractivity contribution in [1.82, 2.24) is 0 Å². The van der Waals surface area contributed by atoms with Gasteiger partial charge in [-0.3, -0.25) is 0 Å². The van der Waals surface area contributed by atoms with Crippen LogP contribution in [0.2, 0.25) is 0 Å². The van der Waals surface area contributed by atoms with Crippen LogP contribution in [0.25, 0.3) is 12.3 Å². The molecule has 3 unspecified atom stereocenters. The van der Waals surface area contributed by atoms with Crippen LogP contribution in [0.4, 0.5) is 0 Å². The third kappa shape index (κ3) is 41.8. The Labute approximate surface area is 205 Å². The van der Waals surface area contributed by atoms with Gasteiger partial charge in [0.15, 0.2) is 0 Å². The smallest absolute Gasteiger partial charge is 0.0569 e. The van der Waals surface area contributed by atoms with E-state index in [1.807, 2.05) is 6.92 Å². The van der Waals surface area contributed by atoms with E-state index >= 15 is 0 Å². The summed E-state index contributed by atoms with van der Waals surface area (Å²) in [6.45, 7) is -5.81. The largest absolute Gasteiger partial charge is 0.693 e. The maximum atomic E-state index is 7.15. The Morgan fingerprint density at radius 2 is 1.07 bits per heavy atom. The Morgan fingerprint density at radius 3 is 1.19 bits per heavy atom. The van der Waals surface area contributed by atoms with Gasteiger partial charge in [0.05, 0.1) is 15.1 Å². The first kappa shape index (κ1) is 23.7. The predicted octanol–water partition coefficient (Wildman–Crippen LogP) is 8.21. The van der Waals surface area contributed by atoms with E-state index in [1.54, 1.807) is 6.92 Å². The van der Waals surface area contributed by atoms with Gasteiger partial charge in [-0.15, -0.1) is 0 Å². The Kier molecular flexibility index (Phi) is 39.8. The van der Waals surface area contributed by atoms with E-state index in [2.05, 4.69) is 14.2 Å². The molecule has 183 valence electrons. The summed E-state index contributed by atoms with van der Waals surface area (Å²) in [4.78, 5) is 0. The maximum absolute atomic E-state index is 7.15. The molecule has 4 N–H and O–H groups in total. The van der Waals surface area contributed by atoms with Gasteiger partial charge in [-0.25, -0.2) is 0 Å². The first-order valence-corrected chi connectivity index (χ1v) is 5.76. The number of hydrogen-bond acceptors (Lipinski definition) is 3. The van der Waals surface area contributed by atoms with Crippen LogP contribution in [-0.2, 0) is 34.3 Å². The van der Waals surface area contributed by atoms with E-state index in [9.17, 15) is 0 Å². The van der Waals surface area contributed by atoms with Crippen molar-refractivity contribution < 1.29 is 49.4 Å². The van der Waals surface area contributed by atoms with Crippen LogP contribution >= 0.6 is 0 Å². The molecule has 3 saturated heterocycles. The molecular formula is C21H57IrN2O3-5. The third-order valence-electron chi connectivity index (χ3n) is 1.98. The van der Waals surface area contributed by atoms with Gasteiger partial charge in [-0.05, 0) is 37.5 Å². The van der Waals surface area contributed by atoms with E-state index in [-0.39, 0.29) is 115 Å². The summed E-state index contributed by atoms with van der Waals surface area (Å²) in [6.07, 6.45) is 0.793. The fourth-order valence-electron chi connectivity index (χ4n) is 0.998. The van der Waals surface area contributed by atoms with Gasteiger partial charge in [-0.2, -0.15) is 0 Å². The first-order valence-electron chi connectivity index (χ1n) is 11.3. The zero-order valence-electron chi connectivity index (χ0n) is 25.8. The Hall–Kier alpha value is 0.449. The molecule has 0 saturated carbocycles. The van der Waals surface area contributed by atoms with Crippen LogP contribution < -0.4 is 0 Å². The summed E-state index contributed by atoms with van der Waals surface area (Å²) < 4.78 is 91.1. The molecule has 5 nitrogen and oxygen atoms in total. The summed E-state index contributed by atoms with van der Waals surface area (Å²) in [6, 6.07) is 0. The van der Waals surface area contributed by atoms with Crippen LogP contribution in [-0.4, -0.2) is 39.4 Å². The van der Waals surface area contributed by atoms with Gasteiger partial charge in [0.2, 0.25) is 0 Å². The van der Waals surface area contributed by atoms with Crippen LogP contribution in [0.3, 0.4) is 0 Å². The van der Waals surface area contributed by atoms with Gasteiger partial charge in [0.1, 0.15) is 0 Å². The summed E-state index contributed by atoms with van der Waals surface area (Å²) in [5, 5.41) is 0. The summed E-state index contributed by atoms with van der Waals surface area (Å²) in [7, 11) is 0. The molecule has 3 aliphatic rings. The Morgan fingerprint density at radius 1 is 0.667 bits per heavy atom. The quantitative estimate of drug-likeness (QED) is 0.267. The van der Waals surface area contributed by atoms with Gasteiger partial charge >= 0.3 is 0 Å². The summed E-state index contributed by atoms with van der Waals surface area (Å²) >= 11 is 0. The third-order valence-corrected chi connectivity index (χ3v) is 1.98. The second-order valence-corrected chi connectivity index (χ2v) is 3.94. The fourth-order valence-corrected chi connectivity index (χ4v) is 0.998. The molecule has 0 aromatic rings. The molecule has 27 heavy (non-hydrogen) atoms. The second kappa shape index (κ2) is 45.3. The summed E-state index contributed by atoms with van der Waals surface area (Å²) in [5.41, 5.74) is 0. The molecule has 0 aromatic carbocycles. The van der Waals surface area contributed by atoms with Crippen LogP contribution in [0.1, 0.15) is 84.3 Å². The van der Waals surface area contributed by atoms with Crippen molar-refractivity contribution in [2.24, 2.45) is 11.8 Å². The van der Waals surface area contributed by atoms with Crippen LogP contribution in [0, 0.1) is 34.1 Å². The Balaban J connectivity index is -0.0000000342. The van der Waals surface area contributed by atoms with Crippen molar-refractivity contribution in [3.63, 3.8) is 0 Å². The zero-order valence-corrected chi connectivity index (χ0v) is 17.2. The fraction of sp³-hybridized carbons (Fsp3) is 0.857. The van der Waals surface area contributed by atoms with Crippen molar-refractivity contribution in [3.8, 4) is 0 Å². The van der Waals surface area contributed by atoms with E-state index in [0.29, 0.717) is 6.42 Å². The number of hydrogen-bond donors (Lipinski definition) is 0. The molecule has 3 aliphatic heterocycles. The number of nitrogens with two attached hydrogens (primary N) is 2. The van der Waals surface area contributed by atoms with E-state index in [0.717, 1.165) is 0 Å². The van der Waals surface area contributed by atoms with Crippen molar-refractivity contribution in [2.75, 3.05) is 39.4 Å². The molecule has 6 heteroatoms. The number of ether oxygens (including phenoxy) is 3. The van der Waals surface area contributed by atoms with Crippen molar-refractivity contribution in [1.29, 1.82) is 0 Å². The molecule has 0 bridgehead atoms. The molecule has 3 fully saturated rings. The topological polar surface area (TPSA) is 94.7 Å². The molecule has 1 radical (unpaired) electrons.